The highest BCUT2D eigenvalue weighted by molar-refractivity contribution is 5.95. The zero-order chi connectivity index (χ0) is 28.7. The lowest BCUT2D eigenvalue weighted by molar-refractivity contribution is -0.141. The van der Waals surface area contributed by atoms with Crippen molar-refractivity contribution in [2.24, 2.45) is 23.3 Å². The van der Waals surface area contributed by atoms with Crippen LogP contribution in [0.15, 0.2) is 0 Å². The van der Waals surface area contributed by atoms with Gasteiger partial charge in [-0.05, 0) is 37.5 Å². The predicted molar refractivity (Wildman–Crippen MR) is 138 cm³/mol. The number of carbonyl (C=O) groups excluding carboxylic acids is 4. The fourth-order valence-corrected chi connectivity index (χ4v) is 3.46. The van der Waals surface area contributed by atoms with Gasteiger partial charge in [-0.1, -0.05) is 27.7 Å². The first-order valence-corrected chi connectivity index (χ1v) is 12.4. The highest BCUT2D eigenvalue weighted by Gasteiger charge is 2.31. The second-order valence-electron chi connectivity index (χ2n) is 9.74. The van der Waals surface area contributed by atoms with Crippen LogP contribution in [0.4, 0.5) is 0 Å². The van der Waals surface area contributed by atoms with Gasteiger partial charge < -0.3 is 43.2 Å². The minimum Gasteiger partial charge on any atom is -0.481 e. The van der Waals surface area contributed by atoms with Crippen LogP contribution in [0.5, 0.6) is 0 Å². The van der Waals surface area contributed by atoms with Crippen LogP contribution in [0.1, 0.15) is 59.8 Å². The van der Waals surface area contributed by atoms with Crippen molar-refractivity contribution in [3.05, 3.63) is 0 Å². The molecule has 0 aliphatic carbocycles. The van der Waals surface area contributed by atoms with Gasteiger partial charge in [0.1, 0.15) is 18.1 Å². The van der Waals surface area contributed by atoms with Crippen molar-refractivity contribution in [2.45, 2.75) is 84.0 Å². The Morgan fingerprint density at radius 1 is 0.811 bits per heavy atom. The molecule has 0 saturated carbocycles. The third-order valence-corrected chi connectivity index (χ3v) is 5.28. The zero-order valence-electron chi connectivity index (χ0n) is 22.3. The summed E-state index contributed by atoms with van der Waals surface area (Å²) in [6.45, 7) is 7.80. The lowest BCUT2D eigenvalue weighted by Crippen LogP contribution is -2.58. The van der Waals surface area contributed by atoms with Gasteiger partial charge in [0.2, 0.25) is 23.6 Å². The number of carboxylic acids is 1. The van der Waals surface area contributed by atoms with E-state index in [2.05, 4.69) is 26.6 Å². The van der Waals surface area contributed by atoms with E-state index >= 15 is 0 Å². The molecule has 0 unspecified atom stereocenters. The van der Waals surface area contributed by atoms with E-state index in [-0.39, 0.29) is 30.6 Å². The molecule has 4 atom stereocenters. The molecule has 0 aromatic heterocycles. The lowest BCUT2D eigenvalue weighted by Gasteiger charge is -2.27. The van der Waals surface area contributed by atoms with Gasteiger partial charge in [-0.25, -0.2) is 0 Å². The van der Waals surface area contributed by atoms with E-state index in [1.165, 1.54) is 7.05 Å². The summed E-state index contributed by atoms with van der Waals surface area (Å²) in [5.74, 6) is -3.97. The molecular formula is C23H44N8O6. The van der Waals surface area contributed by atoms with Gasteiger partial charge in [0.15, 0.2) is 5.96 Å². The summed E-state index contributed by atoms with van der Waals surface area (Å²) in [5.41, 5.74) is 11.2. The number of guanidine groups is 1. The summed E-state index contributed by atoms with van der Waals surface area (Å²) < 4.78 is 0. The molecule has 212 valence electrons. The van der Waals surface area contributed by atoms with Gasteiger partial charge in [-0.2, -0.15) is 0 Å². The van der Waals surface area contributed by atoms with Crippen LogP contribution in [0.2, 0.25) is 0 Å². The van der Waals surface area contributed by atoms with E-state index in [1.807, 2.05) is 27.7 Å². The molecule has 0 radical (unpaired) electrons. The number of rotatable bonds is 17. The standard InChI is InChI=1S/C23H44N8O6/c1-12(2)9-15(29-19(34)14(24)7-6-8-28-23(25)26)21(36)30-16(10-13(3)4)22(37)31-17(11-18(32)33)20(35)27-5/h12-17H,6-11,24H2,1-5H3,(H,27,35)(H,29,34)(H,30,36)(H,31,37)(H,32,33)(H4,25,26,28)/t14-,15-,16-,17-/m0/s1. The molecule has 0 saturated heterocycles. The molecule has 37 heavy (non-hydrogen) atoms. The molecule has 0 bridgehead atoms. The number of nitrogens with one attached hydrogen (secondary N) is 6. The fourth-order valence-electron chi connectivity index (χ4n) is 3.46. The number of nitrogens with two attached hydrogens (primary N) is 2. The first-order chi connectivity index (χ1) is 17.2. The van der Waals surface area contributed by atoms with Crippen molar-refractivity contribution in [1.82, 2.24) is 26.6 Å². The van der Waals surface area contributed by atoms with Crippen molar-refractivity contribution < 1.29 is 29.1 Å². The summed E-state index contributed by atoms with van der Waals surface area (Å²) in [6, 6.07) is -4.24. The van der Waals surface area contributed by atoms with E-state index in [4.69, 9.17) is 22.0 Å². The Morgan fingerprint density at radius 2 is 1.27 bits per heavy atom. The Morgan fingerprint density at radius 3 is 1.68 bits per heavy atom. The van der Waals surface area contributed by atoms with Crippen LogP contribution < -0.4 is 38.1 Å². The van der Waals surface area contributed by atoms with Gasteiger partial charge in [0, 0.05) is 13.6 Å². The van der Waals surface area contributed by atoms with Gasteiger partial charge in [0.05, 0.1) is 12.5 Å². The molecule has 0 rings (SSSR count). The maximum absolute atomic E-state index is 13.2. The second-order valence-corrected chi connectivity index (χ2v) is 9.74. The Hall–Kier alpha value is -3.42. The minimum atomic E-state index is -1.32. The quantitative estimate of drug-likeness (QED) is 0.0595. The summed E-state index contributed by atoms with van der Waals surface area (Å²) in [6.07, 6.45) is 0.654. The zero-order valence-corrected chi connectivity index (χ0v) is 22.3. The monoisotopic (exact) mass is 528 g/mol. The van der Waals surface area contributed by atoms with E-state index in [1.54, 1.807) is 0 Å². The van der Waals surface area contributed by atoms with E-state index < -0.39 is 60.2 Å². The fraction of sp³-hybridized carbons (Fsp3) is 0.739. The highest BCUT2D eigenvalue weighted by Crippen LogP contribution is 2.10. The lowest BCUT2D eigenvalue weighted by atomic mass is 9.99. The van der Waals surface area contributed by atoms with Gasteiger partial charge in [-0.15, -0.1) is 0 Å². The topological polar surface area (TPSA) is 242 Å². The van der Waals surface area contributed by atoms with Crippen molar-refractivity contribution in [2.75, 3.05) is 13.6 Å². The molecule has 14 heteroatoms. The normalized spacial score (nSPS) is 14.2. The molecule has 0 aliphatic rings. The summed E-state index contributed by atoms with van der Waals surface area (Å²) in [7, 11) is 1.32. The Labute approximate surface area is 217 Å². The van der Waals surface area contributed by atoms with Crippen LogP contribution in [0.3, 0.4) is 0 Å². The van der Waals surface area contributed by atoms with Gasteiger partial charge in [0.25, 0.3) is 0 Å². The first kappa shape index (κ1) is 33.6. The molecule has 0 aromatic rings. The molecule has 4 amide bonds. The Kier molecular flexibility index (Phi) is 15.5. The number of likely N-dealkylation sites (N-methyl/N-ethyl adjacent to an activating group) is 1. The van der Waals surface area contributed by atoms with Crippen LogP contribution in [0, 0.1) is 17.2 Å². The smallest absolute Gasteiger partial charge is 0.305 e. The van der Waals surface area contributed by atoms with Gasteiger partial charge in [-0.3, -0.25) is 29.4 Å². The molecule has 0 fully saturated rings. The van der Waals surface area contributed by atoms with Crippen LogP contribution in [-0.4, -0.2) is 78.4 Å². The third-order valence-electron chi connectivity index (χ3n) is 5.28. The summed E-state index contributed by atoms with van der Waals surface area (Å²) >= 11 is 0. The summed E-state index contributed by atoms with van der Waals surface area (Å²) in [5, 5.41) is 28.8. The largest absolute Gasteiger partial charge is 0.481 e. The second kappa shape index (κ2) is 17.1. The van der Waals surface area contributed by atoms with Crippen LogP contribution in [-0.2, 0) is 24.0 Å². The molecule has 0 spiro atoms. The number of carboxylic acid groups (broad SMARTS) is 1. The van der Waals surface area contributed by atoms with Crippen molar-refractivity contribution in [1.29, 1.82) is 5.41 Å². The molecule has 0 heterocycles. The van der Waals surface area contributed by atoms with Crippen molar-refractivity contribution in [3.63, 3.8) is 0 Å². The van der Waals surface area contributed by atoms with E-state index in [0.717, 1.165) is 0 Å². The number of hydrogen-bond acceptors (Lipinski definition) is 7. The van der Waals surface area contributed by atoms with Crippen LogP contribution >= 0.6 is 0 Å². The highest BCUT2D eigenvalue weighted by atomic mass is 16.4. The Bertz CT molecular complexity index is 804. The van der Waals surface area contributed by atoms with Crippen molar-refractivity contribution >= 4 is 35.6 Å². The first-order valence-electron chi connectivity index (χ1n) is 12.4. The SMILES string of the molecule is CNC(=O)[C@H](CC(=O)O)NC(=O)[C@H](CC(C)C)NC(=O)[C@H](CC(C)C)NC(=O)[C@@H](N)CCCNC(=N)N. The predicted octanol–water partition coefficient (Wildman–Crippen LogP) is -1.66. The third kappa shape index (κ3) is 14.7. The maximum Gasteiger partial charge on any atom is 0.305 e. The molecule has 14 nitrogen and oxygen atoms in total. The van der Waals surface area contributed by atoms with E-state index in [0.29, 0.717) is 19.4 Å². The van der Waals surface area contributed by atoms with Crippen molar-refractivity contribution in [3.8, 4) is 0 Å². The van der Waals surface area contributed by atoms with E-state index in [9.17, 15) is 24.0 Å². The average Bonchev–Trinajstić information content (AvgIpc) is 2.78. The number of aliphatic carboxylic acids is 1. The van der Waals surface area contributed by atoms with Crippen LogP contribution in [0.25, 0.3) is 0 Å². The molecule has 0 aliphatic heterocycles. The average molecular weight is 529 g/mol. The number of hydrogen-bond donors (Lipinski definition) is 9. The van der Waals surface area contributed by atoms with Gasteiger partial charge >= 0.3 is 5.97 Å². The number of amides is 4. The number of carbonyl (C=O) groups is 5. The molecule has 11 N–H and O–H groups in total. The molecule has 0 aromatic carbocycles. The minimum absolute atomic E-state index is 0.0239. The maximum atomic E-state index is 13.2. The summed E-state index contributed by atoms with van der Waals surface area (Å²) in [4.78, 5) is 61.9. The molecular weight excluding hydrogens is 484 g/mol. The Balaban J connectivity index is 5.46.